The molecule has 0 bridgehead atoms. The molecule has 11 heteroatoms. The summed E-state index contributed by atoms with van der Waals surface area (Å²) in [5, 5.41) is 10.1. The van der Waals surface area contributed by atoms with E-state index in [9.17, 15) is 18.8 Å². The summed E-state index contributed by atoms with van der Waals surface area (Å²) in [6, 6.07) is 12.2. The molecule has 1 spiro atoms. The number of aliphatic hydroxyl groups excluding tert-OH is 1. The van der Waals surface area contributed by atoms with Gasteiger partial charge in [0.25, 0.3) is 5.91 Å². The van der Waals surface area contributed by atoms with Gasteiger partial charge in [0.1, 0.15) is 34.3 Å². The van der Waals surface area contributed by atoms with E-state index in [-0.39, 0.29) is 40.7 Å². The van der Waals surface area contributed by atoms with Crippen molar-refractivity contribution in [3.8, 4) is 17.6 Å². The van der Waals surface area contributed by atoms with Crippen LogP contribution in [0.2, 0.25) is 0 Å². The third-order valence-electron chi connectivity index (χ3n) is 8.07. The van der Waals surface area contributed by atoms with E-state index >= 15 is 0 Å². The standard InChI is InChI=1S/C32H36FN5O4S/c1-31(2,3)43(41)37-28-24-9-5-4-7-21(24)18-32(28)12-14-38(15-13-32)30-27(20-39)36-22(19-35-30)8-6-16-42-23-10-11-25(29(34)40)26(33)17-23/h4-5,7,9-11,17,19,28,37,39H,12-16,18,20H2,1-3H3,(H2,34,40). The molecule has 1 amide bonds. The number of piperidine rings is 1. The van der Waals surface area contributed by atoms with Crippen molar-refractivity contribution in [3.05, 3.63) is 82.6 Å². The molecule has 226 valence electrons. The van der Waals surface area contributed by atoms with Gasteiger partial charge in [-0.05, 0) is 69.2 Å². The highest BCUT2D eigenvalue weighted by atomic mass is 32.2. The second-order valence-corrected chi connectivity index (χ2v) is 13.9. The minimum atomic E-state index is -1.21. The Bertz CT molecular complexity index is 1560. The molecule has 0 radical (unpaired) electrons. The van der Waals surface area contributed by atoms with Crippen LogP contribution >= 0.6 is 0 Å². The molecule has 1 aromatic heterocycles. The molecule has 2 unspecified atom stereocenters. The highest BCUT2D eigenvalue weighted by Crippen LogP contribution is 2.53. The minimum absolute atomic E-state index is 0.00763. The van der Waals surface area contributed by atoms with Gasteiger partial charge >= 0.3 is 0 Å². The third-order valence-corrected chi connectivity index (χ3v) is 9.63. The zero-order valence-corrected chi connectivity index (χ0v) is 25.3. The van der Waals surface area contributed by atoms with Gasteiger partial charge in [0, 0.05) is 35.9 Å². The van der Waals surface area contributed by atoms with E-state index < -0.39 is 23.1 Å². The molecule has 4 N–H and O–H groups in total. The van der Waals surface area contributed by atoms with Crippen LogP contribution in [0.25, 0.3) is 0 Å². The molecule has 2 atom stereocenters. The van der Waals surface area contributed by atoms with Crippen LogP contribution in [0.15, 0.2) is 48.7 Å². The zero-order chi connectivity index (χ0) is 30.8. The maximum atomic E-state index is 13.9. The molecule has 1 aliphatic carbocycles. The van der Waals surface area contributed by atoms with E-state index in [2.05, 4.69) is 49.6 Å². The third kappa shape index (κ3) is 6.63. The lowest BCUT2D eigenvalue weighted by atomic mass is 9.73. The fourth-order valence-corrected chi connectivity index (χ4v) is 6.72. The molecule has 1 saturated heterocycles. The van der Waals surface area contributed by atoms with Crippen molar-refractivity contribution in [2.75, 3.05) is 24.6 Å². The summed E-state index contributed by atoms with van der Waals surface area (Å²) in [5.41, 5.74) is 8.18. The summed E-state index contributed by atoms with van der Waals surface area (Å²) >= 11 is -1.21. The lowest BCUT2D eigenvalue weighted by Gasteiger charge is -2.44. The normalized spacial score (nSPS) is 18.1. The predicted octanol–water partition coefficient (Wildman–Crippen LogP) is 3.57. The predicted molar refractivity (Wildman–Crippen MR) is 163 cm³/mol. The van der Waals surface area contributed by atoms with Gasteiger partial charge in [0.2, 0.25) is 0 Å². The van der Waals surface area contributed by atoms with Crippen LogP contribution in [0.4, 0.5) is 10.2 Å². The summed E-state index contributed by atoms with van der Waals surface area (Å²) in [4.78, 5) is 22.4. The monoisotopic (exact) mass is 605 g/mol. The first-order chi connectivity index (χ1) is 20.5. The van der Waals surface area contributed by atoms with Crippen LogP contribution < -0.4 is 20.1 Å². The van der Waals surface area contributed by atoms with Gasteiger partial charge in [-0.15, -0.1) is 4.72 Å². The number of hydrogen-bond acceptors (Lipinski definition) is 8. The number of carbonyl (C=O) groups excluding carboxylic acids is 1. The number of aromatic nitrogens is 2. The highest BCUT2D eigenvalue weighted by Gasteiger charge is 2.50. The van der Waals surface area contributed by atoms with Crippen molar-refractivity contribution < 1.29 is 23.6 Å². The van der Waals surface area contributed by atoms with Crippen molar-refractivity contribution in [2.45, 2.75) is 57.4 Å². The number of fused-ring (bicyclic) bond motifs is 1. The van der Waals surface area contributed by atoms with Crippen molar-refractivity contribution in [1.29, 1.82) is 0 Å². The fraction of sp³-hybridized carbons (Fsp3) is 0.406. The first-order valence-corrected chi connectivity index (χ1v) is 15.3. The van der Waals surface area contributed by atoms with Crippen LogP contribution in [0.3, 0.4) is 0 Å². The Balaban J connectivity index is 1.25. The molecule has 2 aromatic carbocycles. The van der Waals surface area contributed by atoms with Gasteiger partial charge < -0.3 is 25.0 Å². The molecule has 2 aliphatic rings. The summed E-state index contributed by atoms with van der Waals surface area (Å²) in [7, 11) is 0. The maximum Gasteiger partial charge on any atom is 0.251 e. The SMILES string of the molecule is CC(C)(C)[S+]([O-])NC1c2ccccc2CC12CCN(c1ncc(C#CCOc3ccc(C(N)=O)c(F)c3)nc1CO)CC2. The van der Waals surface area contributed by atoms with E-state index in [0.29, 0.717) is 17.2 Å². The van der Waals surface area contributed by atoms with E-state index in [4.69, 9.17) is 10.5 Å². The van der Waals surface area contributed by atoms with Gasteiger partial charge in [-0.3, -0.25) is 4.79 Å². The number of anilines is 1. The lowest BCUT2D eigenvalue weighted by Crippen LogP contribution is -2.50. The first kappa shape index (κ1) is 30.8. The number of ether oxygens (including phenoxy) is 1. The number of nitrogens with zero attached hydrogens (tertiary/aromatic N) is 3. The van der Waals surface area contributed by atoms with E-state index in [1.807, 2.05) is 26.8 Å². The fourth-order valence-electron chi connectivity index (χ4n) is 5.77. The molecular formula is C32H36FN5O4S. The smallest absolute Gasteiger partial charge is 0.251 e. The topological polar surface area (TPSA) is 137 Å². The minimum Gasteiger partial charge on any atom is -0.598 e. The average molecular weight is 606 g/mol. The van der Waals surface area contributed by atoms with E-state index in [1.54, 1.807) is 6.20 Å². The number of halogens is 1. The largest absolute Gasteiger partial charge is 0.598 e. The second kappa shape index (κ2) is 12.5. The molecule has 0 saturated carbocycles. The van der Waals surface area contributed by atoms with Gasteiger partial charge in [0.15, 0.2) is 5.82 Å². The molecule has 1 aliphatic heterocycles. The number of amides is 1. The van der Waals surface area contributed by atoms with E-state index in [0.717, 1.165) is 38.4 Å². The Morgan fingerprint density at radius 2 is 2.02 bits per heavy atom. The molecule has 1 fully saturated rings. The molecule has 3 aromatic rings. The van der Waals surface area contributed by atoms with Crippen molar-refractivity contribution in [2.24, 2.45) is 11.1 Å². The van der Waals surface area contributed by atoms with Crippen LogP contribution in [-0.2, 0) is 24.4 Å². The number of nitrogens with two attached hydrogens (primary N) is 1. The quantitative estimate of drug-likeness (QED) is 0.275. The van der Waals surface area contributed by atoms with Crippen molar-refractivity contribution in [1.82, 2.24) is 14.7 Å². The van der Waals surface area contributed by atoms with Crippen LogP contribution in [-0.4, -0.2) is 50.0 Å². The molecular weight excluding hydrogens is 569 g/mol. The first-order valence-electron chi connectivity index (χ1n) is 14.2. The number of hydrogen-bond donors (Lipinski definition) is 3. The van der Waals surface area contributed by atoms with Crippen LogP contribution in [0.5, 0.6) is 5.75 Å². The molecule has 5 rings (SSSR count). The summed E-state index contributed by atoms with van der Waals surface area (Å²) < 4.78 is 35.7. The number of aliphatic hydroxyl groups is 1. The summed E-state index contributed by atoms with van der Waals surface area (Å²) in [6.07, 6.45) is 4.23. The Kier molecular flexibility index (Phi) is 8.94. The molecule has 9 nitrogen and oxygen atoms in total. The van der Waals surface area contributed by atoms with Crippen molar-refractivity contribution in [3.63, 3.8) is 0 Å². The van der Waals surface area contributed by atoms with Crippen molar-refractivity contribution >= 4 is 23.1 Å². The number of primary amides is 1. The maximum absolute atomic E-state index is 13.9. The van der Waals surface area contributed by atoms with Crippen LogP contribution in [0.1, 0.15) is 72.5 Å². The molecule has 2 heterocycles. The Morgan fingerprint density at radius 3 is 2.70 bits per heavy atom. The molecule has 43 heavy (non-hydrogen) atoms. The van der Waals surface area contributed by atoms with Gasteiger partial charge in [-0.2, -0.15) is 0 Å². The average Bonchev–Trinajstić information content (AvgIpc) is 3.27. The van der Waals surface area contributed by atoms with Gasteiger partial charge in [0.05, 0.1) is 24.4 Å². The Labute approximate surface area is 254 Å². The Hall–Kier alpha value is -3.69. The van der Waals surface area contributed by atoms with Crippen LogP contribution in [0, 0.1) is 23.1 Å². The van der Waals surface area contributed by atoms with E-state index in [1.165, 1.54) is 23.3 Å². The summed E-state index contributed by atoms with van der Waals surface area (Å²) in [6.45, 7) is 7.06. The second-order valence-electron chi connectivity index (χ2n) is 11.9. The number of benzene rings is 2. The number of nitrogens with one attached hydrogen (secondary N) is 1. The lowest BCUT2D eigenvalue weighted by molar-refractivity contribution is 0.0996. The summed E-state index contributed by atoms with van der Waals surface area (Å²) in [5.74, 6) is 4.90. The number of rotatable bonds is 7. The Morgan fingerprint density at radius 1 is 1.28 bits per heavy atom. The van der Waals surface area contributed by atoms with Gasteiger partial charge in [-0.1, -0.05) is 30.2 Å². The van der Waals surface area contributed by atoms with Gasteiger partial charge in [-0.25, -0.2) is 14.4 Å². The zero-order valence-electron chi connectivity index (χ0n) is 24.5. The number of carbonyl (C=O) groups is 1. The highest BCUT2D eigenvalue weighted by molar-refractivity contribution is 7.90.